The maximum Gasteiger partial charge on any atom is 0.231 e. The Bertz CT molecular complexity index is 756. The van der Waals surface area contributed by atoms with Crippen LogP contribution < -0.4 is 14.8 Å². The molecule has 0 unspecified atom stereocenters. The third-order valence-electron chi connectivity index (χ3n) is 4.02. The van der Waals surface area contributed by atoms with Gasteiger partial charge in [0.1, 0.15) is 12.4 Å². The van der Waals surface area contributed by atoms with Crippen molar-refractivity contribution >= 4 is 5.91 Å². The Balaban J connectivity index is 1.60. The molecule has 0 bridgehead atoms. The Labute approximate surface area is 133 Å². The van der Waals surface area contributed by atoms with E-state index < -0.39 is 0 Å². The normalized spacial score (nSPS) is 18.6. The van der Waals surface area contributed by atoms with Gasteiger partial charge in [0.2, 0.25) is 12.7 Å². The van der Waals surface area contributed by atoms with Gasteiger partial charge in [-0.3, -0.25) is 4.79 Å². The molecule has 1 atom stereocenters. The predicted molar refractivity (Wildman–Crippen MR) is 81.0 cm³/mol. The molecular weight excluding hydrogens is 298 g/mol. The summed E-state index contributed by atoms with van der Waals surface area (Å²) in [5.41, 5.74) is 2.03. The number of aromatic nitrogens is 2. The molecule has 7 nitrogen and oxygen atoms in total. The first kappa shape index (κ1) is 14.1. The number of carbonyl (C=O) groups is 1. The van der Waals surface area contributed by atoms with E-state index in [1.807, 2.05) is 24.4 Å². The SMILES string of the molecule is CC(=O)NC[C@H]1Cn2c(-c3ccc4c(c3)OCO4)cnc2CO1. The number of ether oxygens (including phenoxy) is 3. The van der Waals surface area contributed by atoms with Gasteiger partial charge in [-0.15, -0.1) is 0 Å². The number of hydrogen-bond donors (Lipinski definition) is 1. The van der Waals surface area contributed by atoms with Crippen LogP contribution in [0, 0.1) is 0 Å². The Morgan fingerprint density at radius 2 is 2.26 bits per heavy atom. The fourth-order valence-corrected chi connectivity index (χ4v) is 2.85. The van der Waals surface area contributed by atoms with Crippen LogP contribution in [-0.4, -0.2) is 34.9 Å². The summed E-state index contributed by atoms with van der Waals surface area (Å²) >= 11 is 0. The van der Waals surface area contributed by atoms with Crippen LogP contribution in [0.5, 0.6) is 11.5 Å². The molecule has 0 fully saturated rings. The summed E-state index contributed by atoms with van der Waals surface area (Å²) < 4.78 is 18.7. The number of hydrogen-bond acceptors (Lipinski definition) is 5. The van der Waals surface area contributed by atoms with Crippen molar-refractivity contribution in [3.8, 4) is 22.8 Å². The highest BCUT2D eigenvalue weighted by Gasteiger charge is 2.24. The van der Waals surface area contributed by atoms with Crippen molar-refractivity contribution in [1.82, 2.24) is 14.9 Å². The Morgan fingerprint density at radius 1 is 1.39 bits per heavy atom. The summed E-state index contributed by atoms with van der Waals surface area (Å²) in [6, 6.07) is 5.87. The summed E-state index contributed by atoms with van der Waals surface area (Å²) in [6.07, 6.45) is 1.78. The van der Waals surface area contributed by atoms with Crippen LogP contribution in [0.1, 0.15) is 12.7 Å². The lowest BCUT2D eigenvalue weighted by Gasteiger charge is -2.26. The van der Waals surface area contributed by atoms with Gasteiger partial charge in [0, 0.05) is 19.0 Å². The summed E-state index contributed by atoms with van der Waals surface area (Å²) in [4.78, 5) is 15.5. The smallest absolute Gasteiger partial charge is 0.231 e. The molecule has 2 aliphatic rings. The van der Waals surface area contributed by atoms with Gasteiger partial charge in [-0.05, 0) is 18.2 Å². The highest BCUT2D eigenvalue weighted by atomic mass is 16.7. The highest BCUT2D eigenvalue weighted by molar-refractivity contribution is 5.72. The van der Waals surface area contributed by atoms with E-state index in [0.29, 0.717) is 19.7 Å². The third-order valence-corrected chi connectivity index (χ3v) is 4.02. The van der Waals surface area contributed by atoms with E-state index in [-0.39, 0.29) is 18.8 Å². The Kier molecular flexibility index (Phi) is 3.42. The zero-order valence-corrected chi connectivity index (χ0v) is 12.7. The molecular formula is C16H17N3O4. The molecule has 23 heavy (non-hydrogen) atoms. The lowest BCUT2D eigenvalue weighted by molar-refractivity contribution is -0.120. The molecule has 3 heterocycles. The Morgan fingerprint density at radius 3 is 3.13 bits per heavy atom. The molecule has 120 valence electrons. The van der Waals surface area contributed by atoms with Crippen molar-refractivity contribution in [3.63, 3.8) is 0 Å². The molecule has 0 spiro atoms. The molecule has 0 radical (unpaired) electrons. The molecule has 0 saturated carbocycles. The first-order chi connectivity index (χ1) is 11.2. The van der Waals surface area contributed by atoms with E-state index in [4.69, 9.17) is 14.2 Å². The van der Waals surface area contributed by atoms with Gasteiger partial charge in [-0.1, -0.05) is 0 Å². The standard InChI is InChI=1S/C16H17N3O4/c1-10(20)17-5-12-7-19-13(6-18-16(19)8-21-12)11-2-3-14-15(4-11)23-9-22-14/h2-4,6,12H,5,7-9H2,1H3,(H,17,20)/t12-/m0/s1. The number of fused-ring (bicyclic) bond motifs is 2. The van der Waals surface area contributed by atoms with E-state index in [1.54, 1.807) is 0 Å². The molecule has 0 aliphatic carbocycles. The first-order valence-electron chi connectivity index (χ1n) is 7.51. The lowest BCUT2D eigenvalue weighted by Crippen LogP contribution is -2.38. The molecule has 2 aromatic rings. The maximum absolute atomic E-state index is 11.1. The van der Waals surface area contributed by atoms with Crippen molar-refractivity contribution in [1.29, 1.82) is 0 Å². The maximum atomic E-state index is 11.1. The zero-order chi connectivity index (χ0) is 15.8. The van der Waals surface area contributed by atoms with Gasteiger partial charge >= 0.3 is 0 Å². The van der Waals surface area contributed by atoms with Crippen LogP contribution in [-0.2, 0) is 22.7 Å². The minimum absolute atomic E-state index is 0.0546. The number of imidazole rings is 1. The van der Waals surface area contributed by atoms with Gasteiger partial charge in [0.25, 0.3) is 0 Å². The number of rotatable bonds is 3. The van der Waals surface area contributed by atoms with E-state index in [0.717, 1.165) is 28.6 Å². The van der Waals surface area contributed by atoms with Crippen LogP contribution in [0.2, 0.25) is 0 Å². The molecule has 1 aromatic heterocycles. The van der Waals surface area contributed by atoms with E-state index >= 15 is 0 Å². The number of nitrogens with one attached hydrogen (secondary N) is 1. The highest BCUT2D eigenvalue weighted by Crippen LogP contribution is 2.36. The van der Waals surface area contributed by atoms with E-state index in [2.05, 4.69) is 14.9 Å². The average molecular weight is 315 g/mol. The fourth-order valence-electron chi connectivity index (χ4n) is 2.85. The van der Waals surface area contributed by atoms with Crippen LogP contribution in [0.3, 0.4) is 0 Å². The van der Waals surface area contributed by atoms with Gasteiger partial charge in [0.05, 0.1) is 24.5 Å². The zero-order valence-electron chi connectivity index (χ0n) is 12.7. The Hall–Kier alpha value is -2.54. The van der Waals surface area contributed by atoms with Crippen molar-refractivity contribution in [2.24, 2.45) is 0 Å². The van der Waals surface area contributed by atoms with Gasteiger partial charge in [0.15, 0.2) is 11.5 Å². The number of benzene rings is 1. The summed E-state index contributed by atoms with van der Waals surface area (Å²) in [7, 11) is 0. The van der Waals surface area contributed by atoms with Gasteiger partial charge < -0.3 is 24.1 Å². The molecule has 4 rings (SSSR count). The van der Waals surface area contributed by atoms with Crippen LogP contribution in [0.4, 0.5) is 0 Å². The van der Waals surface area contributed by atoms with E-state index in [1.165, 1.54) is 6.92 Å². The second-order valence-electron chi connectivity index (χ2n) is 5.61. The van der Waals surface area contributed by atoms with Gasteiger partial charge in [-0.25, -0.2) is 4.98 Å². The topological polar surface area (TPSA) is 74.6 Å². The predicted octanol–water partition coefficient (Wildman–Crippen LogP) is 1.31. The lowest BCUT2D eigenvalue weighted by atomic mass is 10.1. The molecule has 1 aromatic carbocycles. The minimum Gasteiger partial charge on any atom is -0.454 e. The van der Waals surface area contributed by atoms with Crippen molar-refractivity contribution in [2.45, 2.75) is 26.2 Å². The monoisotopic (exact) mass is 315 g/mol. The summed E-state index contributed by atoms with van der Waals surface area (Å²) in [5.74, 6) is 2.34. The molecule has 1 amide bonds. The second kappa shape index (κ2) is 5.58. The molecule has 7 heteroatoms. The first-order valence-corrected chi connectivity index (χ1v) is 7.51. The van der Waals surface area contributed by atoms with Crippen molar-refractivity contribution in [3.05, 3.63) is 30.2 Å². The number of carbonyl (C=O) groups excluding carboxylic acids is 1. The van der Waals surface area contributed by atoms with Crippen molar-refractivity contribution < 1.29 is 19.0 Å². The third kappa shape index (κ3) is 2.63. The minimum atomic E-state index is -0.0617. The summed E-state index contributed by atoms with van der Waals surface area (Å²) in [6.45, 7) is 3.35. The number of amides is 1. The van der Waals surface area contributed by atoms with Crippen LogP contribution in [0.15, 0.2) is 24.4 Å². The van der Waals surface area contributed by atoms with Crippen LogP contribution >= 0.6 is 0 Å². The largest absolute Gasteiger partial charge is 0.454 e. The van der Waals surface area contributed by atoms with Gasteiger partial charge in [-0.2, -0.15) is 0 Å². The second-order valence-corrected chi connectivity index (χ2v) is 5.61. The number of nitrogens with zero attached hydrogens (tertiary/aromatic N) is 2. The molecule has 0 saturated heterocycles. The van der Waals surface area contributed by atoms with E-state index in [9.17, 15) is 4.79 Å². The fraction of sp³-hybridized carbons (Fsp3) is 0.375. The molecule has 1 N–H and O–H groups in total. The summed E-state index contributed by atoms with van der Waals surface area (Å²) in [5, 5.41) is 2.80. The van der Waals surface area contributed by atoms with Crippen molar-refractivity contribution in [2.75, 3.05) is 13.3 Å². The van der Waals surface area contributed by atoms with Crippen LogP contribution in [0.25, 0.3) is 11.3 Å². The molecule has 2 aliphatic heterocycles. The average Bonchev–Trinajstić information content (AvgIpc) is 3.18. The quantitative estimate of drug-likeness (QED) is 0.924.